The zero-order chi connectivity index (χ0) is 27.1. The second-order valence-electron chi connectivity index (χ2n) is 9.33. The highest BCUT2D eigenvalue weighted by atomic mass is 19.1. The Morgan fingerprint density at radius 3 is 2.62 bits per heavy atom. The van der Waals surface area contributed by atoms with Gasteiger partial charge in [-0.15, -0.1) is 0 Å². The predicted molar refractivity (Wildman–Crippen MR) is 140 cm³/mol. The fraction of sp³-hybridized carbons (Fsp3) is 0.267. The third-order valence-corrected chi connectivity index (χ3v) is 6.76. The van der Waals surface area contributed by atoms with Crippen molar-refractivity contribution in [1.82, 2.24) is 4.90 Å². The van der Waals surface area contributed by atoms with Gasteiger partial charge in [0.25, 0.3) is 5.91 Å². The van der Waals surface area contributed by atoms with Gasteiger partial charge in [0, 0.05) is 6.54 Å². The minimum Gasteiger partial charge on any atom is -0.490 e. The summed E-state index contributed by atoms with van der Waals surface area (Å²) in [7, 11) is 0. The van der Waals surface area contributed by atoms with Crippen LogP contribution in [0.5, 0.6) is 23.0 Å². The number of benzene rings is 3. The van der Waals surface area contributed by atoms with Gasteiger partial charge < -0.3 is 28.3 Å². The zero-order valence-electron chi connectivity index (χ0n) is 21.5. The van der Waals surface area contributed by atoms with Crippen LogP contribution in [0.15, 0.2) is 63.8 Å². The Morgan fingerprint density at radius 1 is 0.949 bits per heavy atom. The van der Waals surface area contributed by atoms with Crippen LogP contribution in [0.4, 0.5) is 4.39 Å². The normalized spacial score (nSPS) is 15.6. The van der Waals surface area contributed by atoms with Crippen LogP contribution >= 0.6 is 0 Å². The van der Waals surface area contributed by atoms with E-state index in [-0.39, 0.29) is 35.6 Å². The van der Waals surface area contributed by atoms with Crippen molar-refractivity contribution in [2.75, 3.05) is 20.0 Å². The van der Waals surface area contributed by atoms with Crippen LogP contribution in [0, 0.1) is 5.82 Å². The van der Waals surface area contributed by atoms with Crippen molar-refractivity contribution in [3.05, 3.63) is 93.1 Å². The molecule has 0 saturated carbocycles. The Bertz CT molecular complexity index is 1650. The maximum absolute atomic E-state index is 14.1. The Labute approximate surface area is 223 Å². The molecule has 4 aromatic rings. The SMILES string of the molecule is CCCOc1ccc(C2c3c(oc4ccc(F)cc4c3=O)C(=O)N2Cc2ccc3c(c2)OCO3)cc1OCC. The minimum atomic E-state index is -0.804. The molecule has 0 aliphatic carbocycles. The van der Waals surface area contributed by atoms with Crippen molar-refractivity contribution in [3.8, 4) is 23.0 Å². The predicted octanol–water partition coefficient (Wildman–Crippen LogP) is 5.59. The highest BCUT2D eigenvalue weighted by molar-refractivity contribution is 5.99. The molecule has 0 N–H and O–H groups in total. The summed E-state index contributed by atoms with van der Waals surface area (Å²) < 4.78 is 42.7. The average Bonchev–Trinajstić information content (AvgIpc) is 3.51. The third-order valence-electron chi connectivity index (χ3n) is 6.76. The smallest absolute Gasteiger partial charge is 0.291 e. The summed E-state index contributed by atoms with van der Waals surface area (Å²) in [6.45, 7) is 5.08. The summed E-state index contributed by atoms with van der Waals surface area (Å²) in [5, 5.41) is 0.0735. The fourth-order valence-electron chi connectivity index (χ4n) is 5.03. The molecule has 8 nitrogen and oxygen atoms in total. The van der Waals surface area contributed by atoms with E-state index in [9.17, 15) is 14.0 Å². The van der Waals surface area contributed by atoms with E-state index in [4.69, 9.17) is 23.4 Å². The van der Waals surface area contributed by atoms with Gasteiger partial charge in [0.05, 0.1) is 30.2 Å². The van der Waals surface area contributed by atoms with Gasteiger partial charge in [0.15, 0.2) is 28.4 Å². The van der Waals surface area contributed by atoms with E-state index in [1.54, 1.807) is 23.1 Å². The topological polar surface area (TPSA) is 87.4 Å². The second kappa shape index (κ2) is 9.98. The summed E-state index contributed by atoms with van der Waals surface area (Å²) in [6.07, 6.45) is 0.825. The lowest BCUT2D eigenvalue weighted by Gasteiger charge is -2.26. The Hall–Kier alpha value is -4.53. The molecule has 9 heteroatoms. The van der Waals surface area contributed by atoms with Crippen LogP contribution in [0.25, 0.3) is 11.0 Å². The summed E-state index contributed by atoms with van der Waals surface area (Å²) in [5.41, 5.74) is 1.26. The third kappa shape index (κ3) is 4.33. The number of rotatable bonds is 8. The van der Waals surface area contributed by atoms with Crippen molar-refractivity contribution in [3.63, 3.8) is 0 Å². The number of ether oxygens (including phenoxy) is 4. The monoisotopic (exact) mass is 531 g/mol. The van der Waals surface area contributed by atoms with Crippen LogP contribution in [-0.4, -0.2) is 30.8 Å². The van der Waals surface area contributed by atoms with Crippen molar-refractivity contribution in [1.29, 1.82) is 0 Å². The lowest BCUT2D eigenvalue weighted by Crippen LogP contribution is -2.29. The maximum Gasteiger partial charge on any atom is 0.291 e. The Kier molecular flexibility index (Phi) is 6.34. The molecule has 200 valence electrons. The quantitative estimate of drug-likeness (QED) is 0.293. The largest absolute Gasteiger partial charge is 0.490 e. The molecular formula is C30H26FNO7. The lowest BCUT2D eigenvalue weighted by molar-refractivity contribution is 0.0714. The number of carbonyl (C=O) groups excluding carboxylic acids is 1. The van der Waals surface area contributed by atoms with Crippen molar-refractivity contribution in [2.24, 2.45) is 0 Å². The summed E-state index contributed by atoms with van der Waals surface area (Å²) in [5.74, 6) is 1.21. The van der Waals surface area contributed by atoms with Crippen LogP contribution in [0.2, 0.25) is 0 Å². The number of amides is 1. The van der Waals surface area contributed by atoms with Gasteiger partial charge in [-0.25, -0.2) is 4.39 Å². The van der Waals surface area contributed by atoms with E-state index < -0.39 is 23.2 Å². The van der Waals surface area contributed by atoms with Gasteiger partial charge in [-0.1, -0.05) is 19.1 Å². The van der Waals surface area contributed by atoms with Gasteiger partial charge in [-0.3, -0.25) is 9.59 Å². The molecule has 0 radical (unpaired) electrons. The number of hydrogen-bond donors (Lipinski definition) is 0. The summed E-state index contributed by atoms with van der Waals surface area (Å²) in [6, 6.07) is 13.7. The molecule has 0 bridgehead atoms. The molecule has 39 heavy (non-hydrogen) atoms. The highest BCUT2D eigenvalue weighted by Gasteiger charge is 2.43. The number of nitrogens with zero attached hydrogens (tertiary/aromatic N) is 1. The molecular weight excluding hydrogens is 505 g/mol. The molecule has 2 aliphatic heterocycles. The highest BCUT2D eigenvalue weighted by Crippen LogP contribution is 2.42. The first-order valence-corrected chi connectivity index (χ1v) is 12.8. The van der Waals surface area contributed by atoms with Gasteiger partial charge >= 0.3 is 0 Å². The number of halogens is 1. The molecule has 3 aromatic carbocycles. The van der Waals surface area contributed by atoms with E-state index in [1.807, 2.05) is 32.0 Å². The van der Waals surface area contributed by atoms with Gasteiger partial charge in [-0.05, 0) is 66.9 Å². The van der Waals surface area contributed by atoms with Crippen LogP contribution in [0.1, 0.15) is 53.6 Å². The van der Waals surface area contributed by atoms with Crippen molar-refractivity contribution < 1.29 is 32.5 Å². The van der Waals surface area contributed by atoms with Crippen molar-refractivity contribution in [2.45, 2.75) is 32.9 Å². The summed E-state index contributed by atoms with van der Waals surface area (Å²) in [4.78, 5) is 29.2. The first-order valence-electron chi connectivity index (χ1n) is 12.8. The van der Waals surface area contributed by atoms with E-state index in [0.717, 1.165) is 18.1 Å². The standard InChI is InChI=1S/C30H26FNO7/c1-3-11-36-22-9-6-18(13-25(22)35-4-2)27-26-28(33)20-14-19(31)7-10-21(20)39-29(26)30(34)32(27)15-17-5-8-23-24(12-17)38-16-37-23/h5-10,12-14,27H,3-4,11,15-16H2,1-2H3. The first kappa shape index (κ1) is 24.8. The number of hydrogen-bond acceptors (Lipinski definition) is 7. The van der Waals surface area contributed by atoms with Crippen LogP contribution in [0.3, 0.4) is 0 Å². The van der Waals surface area contributed by atoms with E-state index in [2.05, 4.69) is 0 Å². The van der Waals surface area contributed by atoms with Crippen molar-refractivity contribution >= 4 is 16.9 Å². The average molecular weight is 532 g/mol. The van der Waals surface area contributed by atoms with Gasteiger partial charge in [0.1, 0.15) is 11.4 Å². The van der Waals surface area contributed by atoms with Gasteiger partial charge in [-0.2, -0.15) is 0 Å². The Morgan fingerprint density at radius 2 is 1.79 bits per heavy atom. The lowest BCUT2D eigenvalue weighted by atomic mass is 9.97. The number of carbonyl (C=O) groups is 1. The zero-order valence-corrected chi connectivity index (χ0v) is 21.5. The van der Waals surface area contributed by atoms with E-state index in [0.29, 0.717) is 41.8 Å². The van der Waals surface area contributed by atoms with E-state index >= 15 is 0 Å². The molecule has 1 aromatic heterocycles. The fourth-order valence-corrected chi connectivity index (χ4v) is 5.03. The molecule has 1 amide bonds. The Balaban J connectivity index is 1.50. The molecule has 6 rings (SSSR count). The second-order valence-corrected chi connectivity index (χ2v) is 9.33. The van der Waals surface area contributed by atoms with Crippen LogP contribution < -0.4 is 24.4 Å². The number of fused-ring (bicyclic) bond motifs is 3. The van der Waals surface area contributed by atoms with Crippen LogP contribution in [-0.2, 0) is 6.54 Å². The molecule has 1 atom stereocenters. The first-order chi connectivity index (χ1) is 19.0. The molecule has 0 spiro atoms. The maximum atomic E-state index is 14.1. The summed E-state index contributed by atoms with van der Waals surface area (Å²) >= 11 is 0. The molecule has 0 saturated heterocycles. The molecule has 0 fully saturated rings. The van der Waals surface area contributed by atoms with Gasteiger partial charge in [0.2, 0.25) is 12.6 Å². The minimum absolute atomic E-state index is 0.0610. The molecule has 1 unspecified atom stereocenters. The van der Waals surface area contributed by atoms with E-state index in [1.165, 1.54) is 12.1 Å². The molecule has 2 aliphatic rings. The molecule has 3 heterocycles.